The van der Waals surface area contributed by atoms with Gasteiger partial charge in [-0.05, 0) is 47.9 Å². The van der Waals surface area contributed by atoms with Crippen LogP contribution in [-0.2, 0) is 0 Å². The predicted molar refractivity (Wildman–Crippen MR) is 75.1 cm³/mol. The molecule has 0 saturated heterocycles. The molecule has 2 aromatic rings. The van der Waals surface area contributed by atoms with Crippen LogP contribution in [-0.4, -0.2) is 20.5 Å². The standard InChI is InChI=1S/C16H15FO3/c1-10-6-11(4-5-14(10)17)13-8-16(20-3)15(19-2)7-12(13)9-18/h4-9H,1-3H3. The molecule has 20 heavy (non-hydrogen) atoms. The molecule has 0 radical (unpaired) electrons. The number of aldehydes is 1. The van der Waals surface area contributed by atoms with Crippen LogP contribution >= 0.6 is 0 Å². The maximum Gasteiger partial charge on any atom is 0.161 e. The molecule has 0 heterocycles. The first kappa shape index (κ1) is 14.1. The number of carbonyl (C=O) groups is 1. The lowest BCUT2D eigenvalue weighted by Gasteiger charge is -2.13. The molecule has 0 atom stereocenters. The fourth-order valence-corrected chi connectivity index (χ4v) is 2.05. The van der Waals surface area contributed by atoms with Crippen molar-refractivity contribution in [2.45, 2.75) is 6.92 Å². The number of hydrogen-bond donors (Lipinski definition) is 0. The summed E-state index contributed by atoms with van der Waals surface area (Å²) in [6.45, 7) is 1.68. The number of carbonyl (C=O) groups excluding carboxylic acids is 1. The highest BCUT2D eigenvalue weighted by Crippen LogP contribution is 2.35. The molecule has 0 N–H and O–H groups in total. The molecule has 0 unspecified atom stereocenters. The van der Waals surface area contributed by atoms with Crippen molar-refractivity contribution in [3.05, 3.63) is 47.3 Å². The summed E-state index contributed by atoms with van der Waals surface area (Å²) in [5.41, 5.74) is 2.43. The van der Waals surface area contributed by atoms with Crippen molar-refractivity contribution in [3.8, 4) is 22.6 Å². The van der Waals surface area contributed by atoms with Gasteiger partial charge in [0, 0.05) is 5.56 Å². The van der Waals surface area contributed by atoms with Gasteiger partial charge in [0.2, 0.25) is 0 Å². The highest BCUT2D eigenvalue weighted by atomic mass is 19.1. The second kappa shape index (κ2) is 5.74. The molecule has 3 nitrogen and oxygen atoms in total. The highest BCUT2D eigenvalue weighted by Gasteiger charge is 2.13. The first-order valence-corrected chi connectivity index (χ1v) is 6.08. The number of rotatable bonds is 4. The van der Waals surface area contributed by atoms with Crippen LogP contribution in [0.4, 0.5) is 4.39 Å². The van der Waals surface area contributed by atoms with Crippen molar-refractivity contribution in [1.82, 2.24) is 0 Å². The van der Waals surface area contributed by atoms with Crippen molar-refractivity contribution in [2.24, 2.45) is 0 Å². The third kappa shape index (κ3) is 2.50. The number of halogens is 1. The molecule has 0 aliphatic heterocycles. The van der Waals surface area contributed by atoms with Crippen LogP contribution in [0.1, 0.15) is 15.9 Å². The highest BCUT2D eigenvalue weighted by molar-refractivity contribution is 5.89. The van der Waals surface area contributed by atoms with Crippen molar-refractivity contribution < 1.29 is 18.7 Å². The van der Waals surface area contributed by atoms with E-state index in [0.29, 0.717) is 28.2 Å². The Kier molecular flexibility index (Phi) is 4.03. The molecule has 0 fully saturated rings. The van der Waals surface area contributed by atoms with Crippen molar-refractivity contribution >= 4 is 6.29 Å². The van der Waals surface area contributed by atoms with Gasteiger partial charge in [0.25, 0.3) is 0 Å². The van der Waals surface area contributed by atoms with Crippen molar-refractivity contribution in [1.29, 1.82) is 0 Å². The van der Waals surface area contributed by atoms with Gasteiger partial charge in [0.1, 0.15) is 5.82 Å². The summed E-state index contributed by atoms with van der Waals surface area (Å²) in [4.78, 5) is 11.2. The molecule has 2 rings (SSSR count). The average molecular weight is 274 g/mol. The number of benzene rings is 2. The van der Waals surface area contributed by atoms with E-state index in [9.17, 15) is 9.18 Å². The van der Waals surface area contributed by atoms with E-state index in [1.165, 1.54) is 20.3 Å². The van der Waals surface area contributed by atoms with E-state index in [1.807, 2.05) is 0 Å². The molecule has 0 spiro atoms. The van der Waals surface area contributed by atoms with Crippen LogP contribution in [0.3, 0.4) is 0 Å². The summed E-state index contributed by atoms with van der Waals surface area (Å²) in [5.74, 6) is 0.731. The third-order valence-corrected chi connectivity index (χ3v) is 3.15. The summed E-state index contributed by atoms with van der Waals surface area (Å²) in [6.07, 6.45) is 0.746. The fraction of sp³-hybridized carbons (Fsp3) is 0.188. The first-order chi connectivity index (χ1) is 9.60. The zero-order valence-corrected chi connectivity index (χ0v) is 11.6. The molecule has 0 aliphatic carbocycles. The van der Waals surface area contributed by atoms with E-state index < -0.39 is 0 Å². The van der Waals surface area contributed by atoms with Gasteiger partial charge in [-0.2, -0.15) is 0 Å². The lowest BCUT2D eigenvalue weighted by atomic mass is 9.98. The number of hydrogen-bond acceptors (Lipinski definition) is 3. The largest absolute Gasteiger partial charge is 0.493 e. The van der Waals surface area contributed by atoms with E-state index >= 15 is 0 Å². The summed E-state index contributed by atoms with van der Waals surface area (Å²) in [7, 11) is 3.03. The monoisotopic (exact) mass is 274 g/mol. The molecular weight excluding hydrogens is 259 g/mol. The third-order valence-electron chi connectivity index (χ3n) is 3.15. The van der Waals surface area contributed by atoms with E-state index in [1.54, 1.807) is 31.2 Å². The Morgan fingerprint density at radius 3 is 2.25 bits per heavy atom. The molecule has 2 aromatic carbocycles. The van der Waals surface area contributed by atoms with E-state index in [2.05, 4.69) is 0 Å². The second-order valence-electron chi connectivity index (χ2n) is 4.38. The average Bonchev–Trinajstić information content (AvgIpc) is 2.48. The Labute approximate surface area is 117 Å². The van der Waals surface area contributed by atoms with E-state index in [4.69, 9.17) is 9.47 Å². The Bertz CT molecular complexity index is 650. The Morgan fingerprint density at radius 2 is 1.70 bits per heavy atom. The summed E-state index contributed by atoms with van der Waals surface area (Å²) >= 11 is 0. The number of methoxy groups -OCH3 is 2. The van der Waals surface area contributed by atoms with Crippen LogP contribution in [0, 0.1) is 12.7 Å². The maximum atomic E-state index is 13.3. The minimum atomic E-state index is -0.276. The Balaban J connectivity index is 2.65. The molecule has 104 valence electrons. The lowest BCUT2D eigenvalue weighted by Crippen LogP contribution is -1.96. The molecule has 0 bridgehead atoms. The summed E-state index contributed by atoms with van der Waals surface area (Å²) in [6, 6.07) is 8.05. The summed E-state index contributed by atoms with van der Waals surface area (Å²) in [5, 5.41) is 0. The van der Waals surface area contributed by atoms with Gasteiger partial charge in [-0.15, -0.1) is 0 Å². The molecular formula is C16H15FO3. The quantitative estimate of drug-likeness (QED) is 0.799. The summed E-state index contributed by atoms with van der Waals surface area (Å²) < 4.78 is 23.8. The number of ether oxygens (including phenoxy) is 2. The Morgan fingerprint density at radius 1 is 1.05 bits per heavy atom. The normalized spacial score (nSPS) is 10.2. The van der Waals surface area contributed by atoms with Gasteiger partial charge in [0.05, 0.1) is 14.2 Å². The van der Waals surface area contributed by atoms with Crippen molar-refractivity contribution in [2.75, 3.05) is 14.2 Å². The van der Waals surface area contributed by atoms with Gasteiger partial charge in [-0.25, -0.2) is 4.39 Å². The SMILES string of the molecule is COc1cc(C=O)c(-c2ccc(F)c(C)c2)cc1OC. The smallest absolute Gasteiger partial charge is 0.161 e. The fourth-order valence-electron chi connectivity index (χ4n) is 2.05. The predicted octanol–water partition coefficient (Wildman–Crippen LogP) is 3.63. The van der Waals surface area contributed by atoms with Crippen molar-refractivity contribution in [3.63, 3.8) is 0 Å². The lowest BCUT2D eigenvalue weighted by molar-refractivity contribution is 0.112. The topological polar surface area (TPSA) is 35.5 Å². The van der Waals surface area contributed by atoms with E-state index in [-0.39, 0.29) is 5.82 Å². The molecule has 0 saturated carbocycles. The number of aryl methyl sites for hydroxylation is 1. The zero-order valence-electron chi connectivity index (χ0n) is 11.6. The zero-order chi connectivity index (χ0) is 14.7. The maximum absolute atomic E-state index is 13.3. The van der Waals surface area contributed by atoms with Crippen LogP contribution in [0.15, 0.2) is 30.3 Å². The Hall–Kier alpha value is -2.36. The van der Waals surface area contributed by atoms with Crippen LogP contribution in [0.5, 0.6) is 11.5 Å². The second-order valence-corrected chi connectivity index (χ2v) is 4.38. The van der Waals surface area contributed by atoms with E-state index in [0.717, 1.165) is 11.8 Å². The van der Waals surface area contributed by atoms with Gasteiger partial charge in [-0.3, -0.25) is 4.79 Å². The molecule has 4 heteroatoms. The van der Waals surface area contributed by atoms with Gasteiger partial charge in [-0.1, -0.05) is 6.07 Å². The molecule has 0 aliphatic rings. The van der Waals surface area contributed by atoms with Crippen LogP contribution in [0.25, 0.3) is 11.1 Å². The van der Waals surface area contributed by atoms with Gasteiger partial charge in [0.15, 0.2) is 17.8 Å². The molecule has 0 aromatic heterocycles. The minimum Gasteiger partial charge on any atom is -0.493 e. The first-order valence-electron chi connectivity index (χ1n) is 6.08. The molecule has 0 amide bonds. The minimum absolute atomic E-state index is 0.276. The van der Waals surface area contributed by atoms with Gasteiger partial charge >= 0.3 is 0 Å². The van der Waals surface area contributed by atoms with Crippen LogP contribution in [0.2, 0.25) is 0 Å². The van der Waals surface area contributed by atoms with Gasteiger partial charge < -0.3 is 9.47 Å². The van der Waals surface area contributed by atoms with Crippen LogP contribution < -0.4 is 9.47 Å².